The van der Waals surface area contributed by atoms with Crippen molar-refractivity contribution in [1.82, 2.24) is 20.3 Å². The molecule has 0 aromatic carbocycles. The van der Waals surface area contributed by atoms with Crippen LogP contribution in [0.5, 0.6) is 0 Å². The molecule has 22 heavy (non-hydrogen) atoms. The fourth-order valence-electron chi connectivity index (χ4n) is 1.78. The zero-order valence-electron chi connectivity index (χ0n) is 12.5. The molecule has 0 unspecified atom stereocenters. The third-order valence-electron chi connectivity index (χ3n) is 2.89. The Morgan fingerprint density at radius 1 is 1.27 bits per heavy atom. The van der Waals surface area contributed by atoms with E-state index in [1.54, 1.807) is 19.4 Å². The first kappa shape index (κ1) is 15.8. The van der Waals surface area contributed by atoms with E-state index in [1.807, 2.05) is 18.2 Å². The van der Waals surface area contributed by atoms with Crippen LogP contribution in [-0.2, 0) is 11.3 Å². The Morgan fingerprint density at radius 2 is 2.18 bits per heavy atom. The van der Waals surface area contributed by atoms with Gasteiger partial charge in [0, 0.05) is 32.5 Å². The fourth-order valence-corrected chi connectivity index (χ4v) is 1.78. The Labute approximate surface area is 129 Å². The summed E-state index contributed by atoms with van der Waals surface area (Å²) in [6, 6.07) is 7.18. The summed E-state index contributed by atoms with van der Waals surface area (Å²) in [4.78, 5) is 24.3. The molecule has 2 aromatic rings. The minimum absolute atomic E-state index is 0.256. The summed E-state index contributed by atoms with van der Waals surface area (Å²) in [5.74, 6) is 0.363. The summed E-state index contributed by atoms with van der Waals surface area (Å²) >= 11 is 0. The zero-order chi connectivity index (χ0) is 15.6. The van der Waals surface area contributed by atoms with Crippen LogP contribution in [0, 0.1) is 0 Å². The van der Waals surface area contributed by atoms with E-state index < -0.39 is 0 Å². The number of carbonyl (C=O) groups excluding carboxylic acids is 1. The number of pyridine rings is 1. The molecular formula is C15H19N5O2. The zero-order valence-corrected chi connectivity index (χ0v) is 12.5. The molecule has 0 bridgehead atoms. The fraction of sp³-hybridized carbons (Fsp3) is 0.333. The Hall–Kier alpha value is -2.54. The van der Waals surface area contributed by atoms with Crippen LogP contribution in [0.1, 0.15) is 22.6 Å². The summed E-state index contributed by atoms with van der Waals surface area (Å²) in [5.41, 5.74) is 1.11. The van der Waals surface area contributed by atoms with Crippen molar-refractivity contribution in [1.29, 1.82) is 0 Å². The van der Waals surface area contributed by atoms with Crippen LogP contribution in [0.25, 0.3) is 0 Å². The maximum atomic E-state index is 12.1. The molecule has 0 atom stereocenters. The quantitative estimate of drug-likeness (QED) is 0.713. The lowest BCUT2D eigenvalue weighted by Crippen LogP contribution is -2.24. The number of amides is 1. The highest BCUT2D eigenvalue weighted by Gasteiger charge is 2.08. The van der Waals surface area contributed by atoms with Crippen molar-refractivity contribution in [3.63, 3.8) is 0 Å². The van der Waals surface area contributed by atoms with E-state index in [2.05, 4.69) is 25.6 Å². The minimum atomic E-state index is -0.256. The van der Waals surface area contributed by atoms with E-state index >= 15 is 0 Å². The summed E-state index contributed by atoms with van der Waals surface area (Å²) < 4.78 is 4.97. The van der Waals surface area contributed by atoms with E-state index in [0.717, 1.165) is 18.7 Å². The van der Waals surface area contributed by atoms with Crippen LogP contribution in [0.15, 0.2) is 36.8 Å². The summed E-state index contributed by atoms with van der Waals surface area (Å²) in [6.45, 7) is 1.76. The molecule has 0 fully saturated rings. The van der Waals surface area contributed by atoms with E-state index in [0.29, 0.717) is 24.7 Å². The van der Waals surface area contributed by atoms with Gasteiger partial charge in [0.2, 0.25) is 0 Å². The molecule has 2 heterocycles. The van der Waals surface area contributed by atoms with E-state index in [-0.39, 0.29) is 5.91 Å². The first-order chi connectivity index (χ1) is 10.8. The Balaban J connectivity index is 1.86. The maximum Gasteiger partial charge on any atom is 0.270 e. The lowest BCUT2D eigenvalue weighted by atomic mass is 10.3. The number of hydrogen-bond acceptors (Lipinski definition) is 6. The second-order valence-corrected chi connectivity index (χ2v) is 4.57. The molecule has 2 aromatic heterocycles. The number of nitrogens with one attached hydrogen (secondary N) is 2. The molecular weight excluding hydrogens is 282 g/mol. The topological polar surface area (TPSA) is 89.0 Å². The van der Waals surface area contributed by atoms with Crippen LogP contribution >= 0.6 is 0 Å². The van der Waals surface area contributed by atoms with Crippen molar-refractivity contribution in [2.75, 3.05) is 25.6 Å². The number of hydrogen-bond donors (Lipinski definition) is 2. The van der Waals surface area contributed by atoms with E-state index in [4.69, 9.17) is 4.74 Å². The molecule has 0 spiro atoms. The molecule has 0 aliphatic heterocycles. The smallest absolute Gasteiger partial charge is 0.270 e. The van der Waals surface area contributed by atoms with Crippen molar-refractivity contribution < 1.29 is 9.53 Å². The summed E-state index contributed by atoms with van der Waals surface area (Å²) in [7, 11) is 1.66. The Morgan fingerprint density at radius 3 is 2.95 bits per heavy atom. The summed E-state index contributed by atoms with van der Waals surface area (Å²) in [6.07, 6.45) is 3.92. The van der Waals surface area contributed by atoms with Crippen LogP contribution < -0.4 is 10.6 Å². The molecule has 2 N–H and O–H groups in total. The predicted octanol–water partition coefficient (Wildman–Crippen LogP) is 1.25. The van der Waals surface area contributed by atoms with Crippen molar-refractivity contribution in [2.24, 2.45) is 0 Å². The maximum absolute atomic E-state index is 12.1. The molecule has 0 aliphatic carbocycles. The van der Waals surface area contributed by atoms with E-state index in [9.17, 15) is 4.79 Å². The first-order valence-electron chi connectivity index (χ1n) is 7.02. The van der Waals surface area contributed by atoms with Gasteiger partial charge in [-0.15, -0.1) is 0 Å². The molecule has 1 amide bonds. The van der Waals surface area contributed by atoms with Gasteiger partial charge >= 0.3 is 0 Å². The van der Waals surface area contributed by atoms with Gasteiger partial charge in [-0.1, -0.05) is 6.07 Å². The lowest BCUT2D eigenvalue weighted by Gasteiger charge is -2.07. The lowest BCUT2D eigenvalue weighted by molar-refractivity contribution is 0.0945. The average molecular weight is 301 g/mol. The Kier molecular flexibility index (Phi) is 6.25. The average Bonchev–Trinajstić information content (AvgIpc) is 2.58. The van der Waals surface area contributed by atoms with Crippen LogP contribution in [0.3, 0.4) is 0 Å². The largest absolute Gasteiger partial charge is 0.385 e. The van der Waals surface area contributed by atoms with Crippen molar-refractivity contribution in [3.05, 3.63) is 48.2 Å². The molecule has 7 heteroatoms. The van der Waals surface area contributed by atoms with Gasteiger partial charge in [0.15, 0.2) is 0 Å². The predicted molar refractivity (Wildman–Crippen MR) is 82.4 cm³/mol. The summed E-state index contributed by atoms with van der Waals surface area (Å²) in [5, 5.41) is 5.90. The standard InChI is InChI=1S/C15H19N5O2/c1-22-8-4-7-17-14-9-13(19-11-20-14)15(21)18-10-12-5-2-3-6-16-12/h2-3,5-6,9,11H,4,7-8,10H2,1H3,(H,18,21)(H,17,19,20). The molecule has 7 nitrogen and oxygen atoms in total. The molecule has 0 saturated carbocycles. The van der Waals surface area contributed by atoms with Gasteiger partial charge in [-0.05, 0) is 18.6 Å². The van der Waals surface area contributed by atoms with Gasteiger partial charge in [-0.3, -0.25) is 9.78 Å². The third-order valence-corrected chi connectivity index (χ3v) is 2.89. The highest BCUT2D eigenvalue weighted by Crippen LogP contribution is 2.04. The molecule has 0 saturated heterocycles. The van der Waals surface area contributed by atoms with Crippen molar-refractivity contribution in [3.8, 4) is 0 Å². The van der Waals surface area contributed by atoms with Crippen LogP contribution in [0.2, 0.25) is 0 Å². The third kappa shape index (κ3) is 5.10. The molecule has 2 rings (SSSR count). The highest BCUT2D eigenvalue weighted by molar-refractivity contribution is 5.92. The SMILES string of the molecule is COCCCNc1cc(C(=O)NCc2ccccn2)ncn1. The first-order valence-corrected chi connectivity index (χ1v) is 7.02. The number of rotatable bonds is 8. The van der Waals surface area contributed by atoms with Gasteiger partial charge in [-0.2, -0.15) is 0 Å². The second-order valence-electron chi connectivity index (χ2n) is 4.57. The minimum Gasteiger partial charge on any atom is -0.385 e. The number of carbonyl (C=O) groups is 1. The van der Waals surface area contributed by atoms with E-state index in [1.165, 1.54) is 6.33 Å². The highest BCUT2D eigenvalue weighted by atomic mass is 16.5. The normalized spacial score (nSPS) is 10.2. The molecule has 116 valence electrons. The number of methoxy groups -OCH3 is 1. The van der Waals surface area contributed by atoms with Crippen LogP contribution in [0.4, 0.5) is 5.82 Å². The second kappa shape index (κ2) is 8.68. The number of ether oxygens (including phenoxy) is 1. The van der Waals surface area contributed by atoms with Gasteiger partial charge < -0.3 is 15.4 Å². The Bertz CT molecular complexity index is 591. The number of nitrogens with zero attached hydrogens (tertiary/aromatic N) is 3. The van der Waals surface area contributed by atoms with Crippen molar-refractivity contribution >= 4 is 11.7 Å². The number of aromatic nitrogens is 3. The molecule has 0 aliphatic rings. The monoisotopic (exact) mass is 301 g/mol. The van der Waals surface area contributed by atoms with Gasteiger partial charge in [-0.25, -0.2) is 9.97 Å². The molecule has 0 radical (unpaired) electrons. The van der Waals surface area contributed by atoms with Gasteiger partial charge in [0.1, 0.15) is 17.8 Å². The van der Waals surface area contributed by atoms with Crippen LogP contribution in [-0.4, -0.2) is 41.1 Å². The van der Waals surface area contributed by atoms with Gasteiger partial charge in [0.05, 0.1) is 12.2 Å². The number of anilines is 1. The van der Waals surface area contributed by atoms with Crippen molar-refractivity contribution in [2.45, 2.75) is 13.0 Å². The van der Waals surface area contributed by atoms with Gasteiger partial charge in [0.25, 0.3) is 5.91 Å².